The van der Waals surface area contributed by atoms with Crippen molar-refractivity contribution < 1.29 is 0 Å². The van der Waals surface area contributed by atoms with E-state index < -0.39 is 0 Å². The second-order valence-corrected chi connectivity index (χ2v) is 7.87. The van der Waals surface area contributed by atoms with E-state index in [-0.39, 0.29) is 0 Å². The molecule has 0 amide bonds. The lowest BCUT2D eigenvalue weighted by molar-refractivity contribution is 0.884. The molecule has 0 bridgehead atoms. The summed E-state index contributed by atoms with van der Waals surface area (Å²) in [5.41, 5.74) is 6.20. The Labute approximate surface area is 172 Å². The molecule has 5 rings (SSSR count). The molecule has 0 saturated heterocycles. The monoisotopic (exact) mass is 394 g/mol. The minimum absolute atomic E-state index is 0.898. The second kappa shape index (κ2) is 7.45. The fraction of sp³-hybridized carbons (Fsp3) is 0.0417. The molecular formula is C24H18N4S. The van der Waals surface area contributed by atoms with Crippen LogP contribution in [0.25, 0.3) is 39.3 Å². The summed E-state index contributed by atoms with van der Waals surface area (Å²) in [5, 5.41) is 5.81. The standard InChI is InChI=1S/C24H18N4S/c1-17-9-11-22-21(14-17)26-23(29-22)12-10-19-16-28(20-7-3-2-4-8-20)27-24(19)18-6-5-13-25-15-18/h2-16H,1H3. The molecule has 0 radical (unpaired) electrons. The van der Waals surface area contributed by atoms with Crippen molar-refractivity contribution in [1.29, 1.82) is 0 Å². The number of para-hydroxylation sites is 1. The maximum atomic E-state index is 4.83. The minimum atomic E-state index is 0.898. The molecule has 0 spiro atoms. The smallest absolute Gasteiger partial charge is 0.117 e. The molecular weight excluding hydrogens is 376 g/mol. The first-order valence-electron chi connectivity index (χ1n) is 9.37. The number of thiazole rings is 1. The van der Waals surface area contributed by atoms with Gasteiger partial charge in [-0.1, -0.05) is 24.3 Å². The van der Waals surface area contributed by atoms with Crippen LogP contribution in [-0.2, 0) is 0 Å². The molecule has 5 aromatic rings. The Morgan fingerprint density at radius 3 is 2.69 bits per heavy atom. The first-order chi connectivity index (χ1) is 14.3. The highest BCUT2D eigenvalue weighted by Crippen LogP contribution is 2.27. The number of pyridine rings is 1. The van der Waals surface area contributed by atoms with Crippen molar-refractivity contribution in [3.63, 3.8) is 0 Å². The van der Waals surface area contributed by atoms with Gasteiger partial charge in [-0.2, -0.15) is 5.10 Å². The Hall–Kier alpha value is -3.57. The zero-order valence-corrected chi connectivity index (χ0v) is 16.7. The van der Waals surface area contributed by atoms with Crippen molar-refractivity contribution in [1.82, 2.24) is 19.7 Å². The molecule has 140 valence electrons. The Bertz CT molecular complexity index is 1300. The quantitative estimate of drug-likeness (QED) is 0.374. The van der Waals surface area contributed by atoms with Crippen LogP contribution >= 0.6 is 11.3 Å². The average Bonchev–Trinajstić information content (AvgIpc) is 3.37. The van der Waals surface area contributed by atoms with Crippen LogP contribution in [0.2, 0.25) is 0 Å². The highest BCUT2D eigenvalue weighted by molar-refractivity contribution is 7.19. The number of aromatic nitrogens is 4. The van der Waals surface area contributed by atoms with Crippen molar-refractivity contribution >= 4 is 33.7 Å². The van der Waals surface area contributed by atoms with Gasteiger partial charge < -0.3 is 0 Å². The average molecular weight is 395 g/mol. The number of aryl methyl sites for hydroxylation is 1. The third kappa shape index (κ3) is 3.60. The molecule has 4 nitrogen and oxygen atoms in total. The number of hydrogen-bond acceptors (Lipinski definition) is 4. The predicted octanol–water partition coefficient (Wildman–Crippen LogP) is 6.02. The van der Waals surface area contributed by atoms with Gasteiger partial charge in [0, 0.05) is 29.7 Å². The zero-order valence-electron chi connectivity index (χ0n) is 15.9. The summed E-state index contributed by atoms with van der Waals surface area (Å²) >= 11 is 1.69. The van der Waals surface area contributed by atoms with Crippen LogP contribution in [-0.4, -0.2) is 19.7 Å². The largest absolute Gasteiger partial charge is 0.264 e. The highest BCUT2D eigenvalue weighted by Gasteiger charge is 2.11. The van der Waals surface area contributed by atoms with Gasteiger partial charge in [0.05, 0.1) is 15.9 Å². The summed E-state index contributed by atoms with van der Waals surface area (Å²) in [6, 6.07) is 20.5. The van der Waals surface area contributed by atoms with Gasteiger partial charge in [0.25, 0.3) is 0 Å². The number of benzene rings is 2. The number of nitrogens with zero attached hydrogens (tertiary/aromatic N) is 4. The molecule has 0 aliphatic carbocycles. The molecule has 0 aliphatic heterocycles. The van der Waals surface area contributed by atoms with E-state index in [1.165, 1.54) is 10.3 Å². The first kappa shape index (κ1) is 17.5. The first-order valence-corrected chi connectivity index (χ1v) is 10.2. The van der Waals surface area contributed by atoms with Crippen molar-refractivity contribution in [3.8, 4) is 16.9 Å². The van der Waals surface area contributed by atoms with Gasteiger partial charge in [-0.25, -0.2) is 9.67 Å². The maximum Gasteiger partial charge on any atom is 0.117 e. The van der Waals surface area contributed by atoms with Crippen LogP contribution in [0, 0.1) is 6.92 Å². The van der Waals surface area contributed by atoms with Gasteiger partial charge in [-0.05, 0) is 61.0 Å². The Morgan fingerprint density at radius 1 is 0.966 bits per heavy atom. The van der Waals surface area contributed by atoms with Crippen molar-refractivity contribution in [2.45, 2.75) is 6.92 Å². The van der Waals surface area contributed by atoms with E-state index in [9.17, 15) is 0 Å². The summed E-state index contributed by atoms with van der Waals surface area (Å²) in [6.07, 6.45) is 9.81. The molecule has 3 heterocycles. The predicted molar refractivity (Wildman–Crippen MR) is 120 cm³/mol. The summed E-state index contributed by atoms with van der Waals surface area (Å²) < 4.78 is 3.10. The van der Waals surface area contributed by atoms with Crippen molar-refractivity contribution in [3.05, 3.63) is 95.4 Å². The van der Waals surface area contributed by atoms with Gasteiger partial charge in [0.1, 0.15) is 10.7 Å². The molecule has 0 unspecified atom stereocenters. The van der Waals surface area contributed by atoms with E-state index >= 15 is 0 Å². The molecule has 0 atom stereocenters. The molecule has 0 fully saturated rings. The normalized spacial score (nSPS) is 11.5. The lowest BCUT2D eigenvalue weighted by atomic mass is 10.1. The summed E-state index contributed by atoms with van der Waals surface area (Å²) in [6.45, 7) is 2.09. The van der Waals surface area contributed by atoms with Crippen LogP contribution in [0.3, 0.4) is 0 Å². The minimum Gasteiger partial charge on any atom is -0.264 e. The van der Waals surface area contributed by atoms with Crippen molar-refractivity contribution in [2.24, 2.45) is 0 Å². The molecule has 3 aromatic heterocycles. The van der Waals surface area contributed by atoms with Gasteiger partial charge in [0.15, 0.2) is 0 Å². The third-order valence-corrected chi connectivity index (χ3v) is 5.66. The zero-order chi connectivity index (χ0) is 19.6. The van der Waals surface area contributed by atoms with Gasteiger partial charge in [-0.15, -0.1) is 11.3 Å². The summed E-state index contributed by atoms with van der Waals surface area (Å²) in [7, 11) is 0. The van der Waals surface area contributed by atoms with E-state index in [0.29, 0.717) is 0 Å². The molecule has 5 heteroatoms. The summed E-state index contributed by atoms with van der Waals surface area (Å²) in [5.74, 6) is 0. The van der Waals surface area contributed by atoms with Crippen LogP contribution in [0.1, 0.15) is 16.1 Å². The molecule has 0 saturated carbocycles. The maximum absolute atomic E-state index is 4.83. The fourth-order valence-electron chi connectivity index (χ4n) is 3.24. The number of hydrogen-bond donors (Lipinski definition) is 0. The molecule has 0 aliphatic rings. The number of fused-ring (bicyclic) bond motifs is 1. The van der Waals surface area contributed by atoms with Crippen LogP contribution < -0.4 is 0 Å². The van der Waals surface area contributed by atoms with Gasteiger partial charge in [0.2, 0.25) is 0 Å². The number of rotatable bonds is 4. The molecule has 2 aromatic carbocycles. The lowest BCUT2D eigenvalue weighted by Crippen LogP contribution is -1.94. The van der Waals surface area contributed by atoms with Gasteiger partial charge >= 0.3 is 0 Å². The topological polar surface area (TPSA) is 43.6 Å². The fourth-order valence-corrected chi connectivity index (χ4v) is 4.09. The van der Waals surface area contributed by atoms with E-state index in [0.717, 1.165) is 33.0 Å². The third-order valence-electron chi connectivity index (χ3n) is 4.66. The van der Waals surface area contributed by atoms with Crippen molar-refractivity contribution in [2.75, 3.05) is 0 Å². The van der Waals surface area contributed by atoms with Crippen LogP contribution in [0.4, 0.5) is 0 Å². The van der Waals surface area contributed by atoms with E-state index in [1.54, 1.807) is 17.5 Å². The Balaban J connectivity index is 1.57. The second-order valence-electron chi connectivity index (χ2n) is 6.81. The highest BCUT2D eigenvalue weighted by atomic mass is 32.1. The van der Waals surface area contributed by atoms with Crippen LogP contribution in [0.15, 0.2) is 79.3 Å². The Kier molecular flexibility index (Phi) is 4.50. The SMILES string of the molecule is Cc1ccc2sc(C=Cc3cn(-c4ccccc4)nc3-c3cccnc3)nc2c1. The van der Waals surface area contributed by atoms with Crippen LogP contribution in [0.5, 0.6) is 0 Å². The summed E-state index contributed by atoms with van der Waals surface area (Å²) in [4.78, 5) is 9.00. The lowest BCUT2D eigenvalue weighted by Gasteiger charge is -1.99. The molecule has 0 N–H and O–H groups in total. The van der Waals surface area contributed by atoms with E-state index in [2.05, 4.69) is 42.3 Å². The van der Waals surface area contributed by atoms with E-state index in [1.807, 2.05) is 59.5 Å². The molecule has 29 heavy (non-hydrogen) atoms. The van der Waals surface area contributed by atoms with Gasteiger partial charge in [-0.3, -0.25) is 4.98 Å². The Morgan fingerprint density at radius 2 is 1.86 bits per heavy atom. The van der Waals surface area contributed by atoms with E-state index in [4.69, 9.17) is 10.1 Å².